The van der Waals surface area contributed by atoms with E-state index in [4.69, 9.17) is 0 Å². The lowest BCUT2D eigenvalue weighted by molar-refractivity contribution is -0.128. The highest BCUT2D eigenvalue weighted by atomic mass is 35.5. The molecule has 6 heteroatoms. The van der Waals surface area contributed by atoms with E-state index in [0.29, 0.717) is 18.5 Å². The predicted molar refractivity (Wildman–Crippen MR) is 126 cm³/mol. The van der Waals surface area contributed by atoms with Crippen molar-refractivity contribution in [2.45, 2.75) is 76.8 Å². The smallest absolute Gasteiger partial charge is 0.251 e. The number of carbonyl (C=O) groups is 2. The Morgan fingerprint density at radius 1 is 1.10 bits per heavy atom. The van der Waals surface area contributed by atoms with Crippen LogP contribution in [0.4, 0.5) is 0 Å². The minimum absolute atomic E-state index is 0. The van der Waals surface area contributed by atoms with E-state index in [9.17, 15) is 9.59 Å². The first-order valence-corrected chi connectivity index (χ1v) is 12.0. The monoisotopic (exact) mass is 447 g/mol. The van der Waals surface area contributed by atoms with Crippen LogP contribution in [0.3, 0.4) is 0 Å². The van der Waals surface area contributed by atoms with E-state index >= 15 is 0 Å². The van der Waals surface area contributed by atoms with Gasteiger partial charge in [0.25, 0.3) is 5.91 Å². The number of halogens is 1. The van der Waals surface area contributed by atoms with E-state index in [0.717, 1.165) is 31.0 Å². The third kappa shape index (κ3) is 5.81. The molecule has 2 aliphatic heterocycles. The Morgan fingerprint density at radius 2 is 1.84 bits per heavy atom. The van der Waals surface area contributed by atoms with Crippen LogP contribution in [-0.2, 0) is 11.3 Å². The molecule has 2 amide bonds. The molecule has 172 valence electrons. The second-order valence-corrected chi connectivity index (χ2v) is 9.76. The summed E-state index contributed by atoms with van der Waals surface area (Å²) in [6.45, 7) is 6.87. The normalized spacial score (nSPS) is 27.1. The first-order chi connectivity index (χ1) is 14.6. The lowest BCUT2D eigenvalue weighted by atomic mass is 9.75. The van der Waals surface area contributed by atoms with Gasteiger partial charge in [-0.3, -0.25) is 14.5 Å². The van der Waals surface area contributed by atoms with Gasteiger partial charge in [0, 0.05) is 37.2 Å². The molecule has 5 nitrogen and oxygen atoms in total. The van der Waals surface area contributed by atoms with Crippen molar-refractivity contribution in [2.75, 3.05) is 26.2 Å². The fourth-order valence-electron chi connectivity index (χ4n) is 5.52. The maximum absolute atomic E-state index is 13.0. The number of nitrogens with zero attached hydrogens (tertiary/aromatic N) is 2. The largest absolute Gasteiger partial charge is 0.350 e. The fourth-order valence-corrected chi connectivity index (χ4v) is 5.52. The summed E-state index contributed by atoms with van der Waals surface area (Å²) in [5, 5.41) is 3.29. The van der Waals surface area contributed by atoms with Crippen molar-refractivity contribution in [2.24, 2.45) is 5.92 Å². The lowest BCUT2D eigenvalue weighted by Crippen LogP contribution is -2.58. The highest BCUT2D eigenvalue weighted by Gasteiger charge is 2.40. The highest BCUT2D eigenvalue weighted by Crippen LogP contribution is 2.37. The SMILES string of the molecule is CC1CCC(CNC(=O)c2cccc(CN3CCCC3=O)c2)(N2CCCCC2)CC1.Cl. The van der Waals surface area contributed by atoms with Gasteiger partial charge in [-0.1, -0.05) is 25.5 Å². The van der Waals surface area contributed by atoms with E-state index in [2.05, 4.69) is 17.1 Å². The molecule has 2 saturated heterocycles. The van der Waals surface area contributed by atoms with Crippen LogP contribution in [0.15, 0.2) is 24.3 Å². The van der Waals surface area contributed by atoms with Gasteiger partial charge in [0.2, 0.25) is 5.91 Å². The number of hydrogen-bond donors (Lipinski definition) is 1. The molecule has 3 fully saturated rings. The molecule has 1 aromatic rings. The molecule has 1 aromatic carbocycles. The van der Waals surface area contributed by atoms with E-state index in [-0.39, 0.29) is 29.8 Å². The summed E-state index contributed by atoms with van der Waals surface area (Å²) in [6, 6.07) is 7.80. The van der Waals surface area contributed by atoms with Gasteiger partial charge in [0.05, 0.1) is 0 Å². The van der Waals surface area contributed by atoms with Crippen molar-refractivity contribution in [3.05, 3.63) is 35.4 Å². The highest BCUT2D eigenvalue weighted by molar-refractivity contribution is 5.94. The number of carbonyl (C=O) groups excluding carboxylic acids is 2. The van der Waals surface area contributed by atoms with Crippen molar-refractivity contribution >= 4 is 24.2 Å². The second-order valence-electron chi connectivity index (χ2n) is 9.76. The molecule has 0 atom stereocenters. The first kappa shape index (κ1) is 24.1. The Bertz CT molecular complexity index is 755. The van der Waals surface area contributed by atoms with Crippen molar-refractivity contribution in [3.8, 4) is 0 Å². The van der Waals surface area contributed by atoms with Crippen molar-refractivity contribution in [1.29, 1.82) is 0 Å². The zero-order chi connectivity index (χ0) is 21.0. The second kappa shape index (κ2) is 10.8. The van der Waals surface area contributed by atoms with Gasteiger partial charge in [0.1, 0.15) is 0 Å². The van der Waals surface area contributed by atoms with Gasteiger partial charge >= 0.3 is 0 Å². The summed E-state index contributed by atoms with van der Waals surface area (Å²) in [6.07, 6.45) is 10.4. The molecule has 0 bridgehead atoms. The predicted octanol–water partition coefficient (Wildman–Crippen LogP) is 4.40. The van der Waals surface area contributed by atoms with E-state index in [1.807, 2.05) is 29.2 Å². The molecule has 2 heterocycles. The van der Waals surface area contributed by atoms with Crippen molar-refractivity contribution in [3.63, 3.8) is 0 Å². The summed E-state index contributed by atoms with van der Waals surface area (Å²) in [5.74, 6) is 1.03. The molecule has 0 spiro atoms. The van der Waals surface area contributed by atoms with Crippen LogP contribution >= 0.6 is 12.4 Å². The van der Waals surface area contributed by atoms with Crippen LogP contribution < -0.4 is 5.32 Å². The van der Waals surface area contributed by atoms with Crippen molar-refractivity contribution in [1.82, 2.24) is 15.1 Å². The maximum Gasteiger partial charge on any atom is 0.251 e. The van der Waals surface area contributed by atoms with Crippen LogP contribution in [0, 0.1) is 5.92 Å². The zero-order valence-corrected chi connectivity index (χ0v) is 19.7. The van der Waals surface area contributed by atoms with Crippen molar-refractivity contribution < 1.29 is 9.59 Å². The molecule has 1 N–H and O–H groups in total. The number of nitrogens with one attached hydrogen (secondary N) is 1. The van der Waals surface area contributed by atoms with Gasteiger partial charge in [-0.25, -0.2) is 0 Å². The number of likely N-dealkylation sites (tertiary alicyclic amines) is 2. The molecule has 31 heavy (non-hydrogen) atoms. The summed E-state index contributed by atoms with van der Waals surface area (Å²) in [7, 11) is 0. The molecule has 0 unspecified atom stereocenters. The molecule has 1 aliphatic carbocycles. The molecular weight excluding hydrogens is 410 g/mol. The standard InChI is InChI=1S/C25H37N3O2.ClH/c1-20-10-12-25(13-11-20,28-15-3-2-4-16-28)19-26-24(30)22-8-5-7-21(17-22)18-27-14-6-9-23(27)29;/h5,7-8,17,20H,2-4,6,9-16,18-19H2,1H3,(H,26,30);1H. The maximum atomic E-state index is 13.0. The van der Waals surface area contributed by atoms with E-state index < -0.39 is 0 Å². The summed E-state index contributed by atoms with van der Waals surface area (Å²) in [4.78, 5) is 29.5. The van der Waals surface area contributed by atoms with Crippen LogP contribution in [0.5, 0.6) is 0 Å². The number of piperidine rings is 1. The van der Waals surface area contributed by atoms with Crippen LogP contribution in [-0.4, -0.2) is 53.3 Å². The number of amides is 2. The molecule has 3 aliphatic rings. The third-order valence-electron chi connectivity index (χ3n) is 7.54. The molecule has 1 saturated carbocycles. The quantitative estimate of drug-likeness (QED) is 0.703. The van der Waals surface area contributed by atoms with Gasteiger partial charge in [0.15, 0.2) is 0 Å². The Balaban J connectivity index is 0.00000272. The molecule has 0 radical (unpaired) electrons. The first-order valence-electron chi connectivity index (χ1n) is 12.0. The van der Waals surface area contributed by atoms with Crippen LogP contribution in [0.25, 0.3) is 0 Å². The van der Waals surface area contributed by atoms with Gasteiger partial charge < -0.3 is 10.2 Å². The van der Waals surface area contributed by atoms with E-state index in [1.54, 1.807) is 0 Å². The fraction of sp³-hybridized carbons (Fsp3) is 0.680. The average Bonchev–Trinajstić information content (AvgIpc) is 3.18. The minimum Gasteiger partial charge on any atom is -0.350 e. The van der Waals surface area contributed by atoms with E-state index in [1.165, 1.54) is 58.0 Å². The summed E-state index contributed by atoms with van der Waals surface area (Å²) < 4.78 is 0. The Hall–Kier alpha value is -1.59. The number of benzene rings is 1. The van der Waals surface area contributed by atoms with Gasteiger partial charge in [-0.2, -0.15) is 0 Å². The molecule has 0 aromatic heterocycles. The van der Waals surface area contributed by atoms with Gasteiger partial charge in [-0.15, -0.1) is 12.4 Å². The Labute approximate surface area is 193 Å². The lowest BCUT2D eigenvalue weighted by Gasteiger charge is -2.49. The molecule has 4 rings (SSSR count). The summed E-state index contributed by atoms with van der Waals surface area (Å²) in [5.41, 5.74) is 1.87. The number of hydrogen-bond acceptors (Lipinski definition) is 3. The summed E-state index contributed by atoms with van der Waals surface area (Å²) >= 11 is 0. The topological polar surface area (TPSA) is 52.7 Å². The molecular formula is C25H38ClN3O2. The average molecular weight is 448 g/mol. The third-order valence-corrected chi connectivity index (χ3v) is 7.54. The zero-order valence-electron chi connectivity index (χ0n) is 18.9. The van der Waals surface area contributed by atoms with Gasteiger partial charge in [-0.05, 0) is 81.6 Å². The van der Waals surface area contributed by atoms with Crippen LogP contribution in [0.2, 0.25) is 0 Å². The minimum atomic E-state index is 0. The Kier molecular flexibility index (Phi) is 8.40. The Morgan fingerprint density at radius 3 is 2.52 bits per heavy atom. The van der Waals surface area contributed by atoms with Crippen LogP contribution in [0.1, 0.15) is 80.6 Å². The number of rotatable bonds is 6.